The summed E-state index contributed by atoms with van der Waals surface area (Å²) < 4.78 is 39.1. The van der Waals surface area contributed by atoms with E-state index in [1.54, 1.807) is 12.1 Å². The fourth-order valence-electron chi connectivity index (χ4n) is 2.86. The van der Waals surface area contributed by atoms with E-state index in [1.165, 1.54) is 35.2 Å². The summed E-state index contributed by atoms with van der Waals surface area (Å²) in [6.07, 6.45) is 0.407. The number of nitrogens with zero attached hydrogens (tertiary/aromatic N) is 1. The second-order valence-electron chi connectivity index (χ2n) is 7.26. The van der Waals surface area contributed by atoms with Crippen LogP contribution in [0.4, 0.5) is 18.3 Å². The third-order valence-corrected chi connectivity index (χ3v) is 5.77. The van der Waals surface area contributed by atoms with Crippen LogP contribution in [0, 0.1) is 0 Å². The molecule has 0 aliphatic rings. The van der Waals surface area contributed by atoms with Crippen molar-refractivity contribution in [2.75, 3.05) is 5.32 Å². The first kappa shape index (κ1) is 23.0. The van der Waals surface area contributed by atoms with Crippen LogP contribution in [-0.2, 0) is 17.4 Å². The number of carbonyl (C=O) groups is 1. The number of hydrogen-bond donors (Lipinski definition) is 1. The highest BCUT2D eigenvalue weighted by atomic mass is 35.5. The predicted molar refractivity (Wildman–Crippen MR) is 120 cm³/mol. The SMILES string of the molecule is CC(C)c1ccc(/C=C/C(=O)Nc2ncc(Cc3ccc(Cl)c(C(F)(F)F)c3)s2)cc1. The Bertz CT molecular complexity index is 1090. The number of nitrogens with one attached hydrogen (secondary N) is 1. The van der Waals surface area contributed by atoms with Crippen LogP contribution < -0.4 is 5.32 Å². The molecule has 0 fully saturated rings. The summed E-state index contributed by atoms with van der Waals surface area (Å²) in [5, 5.41) is 2.72. The maximum atomic E-state index is 13.0. The summed E-state index contributed by atoms with van der Waals surface area (Å²) in [6, 6.07) is 11.8. The van der Waals surface area contributed by atoms with Gasteiger partial charge in [-0.05, 0) is 40.8 Å². The van der Waals surface area contributed by atoms with E-state index in [-0.39, 0.29) is 17.4 Å². The van der Waals surface area contributed by atoms with E-state index in [0.717, 1.165) is 16.5 Å². The van der Waals surface area contributed by atoms with Gasteiger partial charge < -0.3 is 0 Å². The second-order valence-corrected chi connectivity index (χ2v) is 8.79. The minimum atomic E-state index is -4.51. The van der Waals surface area contributed by atoms with Crippen LogP contribution >= 0.6 is 22.9 Å². The number of thiazole rings is 1. The van der Waals surface area contributed by atoms with Crippen LogP contribution in [0.3, 0.4) is 0 Å². The molecule has 1 amide bonds. The lowest BCUT2D eigenvalue weighted by Crippen LogP contribution is -2.07. The van der Waals surface area contributed by atoms with Gasteiger partial charge in [-0.15, -0.1) is 11.3 Å². The Balaban J connectivity index is 1.61. The number of hydrogen-bond acceptors (Lipinski definition) is 3. The molecule has 3 nitrogen and oxygen atoms in total. The lowest BCUT2D eigenvalue weighted by molar-refractivity contribution is -0.137. The maximum absolute atomic E-state index is 13.0. The highest BCUT2D eigenvalue weighted by Gasteiger charge is 2.33. The van der Waals surface area contributed by atoms with Gasteiger partial charge in [-0.2, -0.15) is 13.2 Å². The lowest BCUT2D eigenvalue weighted by atomic mass is 10.0. The van der Waals surface area contributed by atoms with Crippen molar-refractivity contribution in [1.29, 1.82) is 0 Å². The quantitative estimate of drug-likeness (QED) is 0.392. The first-order chi connectivity index (χ1) is 14.6. The van der Waals surface area contributed by atoms with E-state index in [4.69, 9.17) is 11.6 Å². The number of amides is 1. The molecule has 0 unspecified atom stereocenters. The minimum Gasteiger partial charge on any atom is -0.298 e. The average Bonchev–Trinajstić information content (AvgIpc) is 3.14. The highest BCUT2D eigenvalue weighted by molar-refractivity contribution is 7.15. The van der Waals surface area contributed by atoms with Gasteiger partial charge in [0.2, 0.25) is 5.91 Å². The van der Waals surface area contributed by atoms with E-state index in [9.17, 15) is 18.0 Å². The van der Waals surface area contributed by atoms with Gasteiger partial charge in [0.15, 0.2) is 5.13 Å². The molecule has 0 spiro atoms. The van der Waals surface area contributed by atoms with E-state index in [2.05, 4.69) is 24.1 Å². The van der Waals surface area contributed by atoms with Gasteiger partial charge >= 0.3 is 6.18 Å². The Hall–Kier alpha value is -2.64. The van der Waals surface area contributed by atoms with E-state index >= 15 is 0 Å². The summed E-state index contributed by atoms with van der Waals surface area (Å²) in [5.41, 5.74) is 1.72. The monoisotopic (exact) mass is 464 g/mol. The van der Waals surface area contributed by atoms with Crippen molar-refractivity contribution < 1.29 is 18.0 Å². The summed E-state index contributed by atoms with van der Waals surface area (Å²) in [5.74, 6) is 0.105. The van der Waals surface area contributed by atoms with Gasteiger partial charge in [-0.3, -0.25) is 10.1 Å². The molecule has 0 saturated carbocycles. The number of aromatic nitrogens is 1. The minimum absolute atomic E-state index is 0.256. The van der Waals surface area contributed by atoms with Crippen LogP contribution in [0.25, 0.3) is 6.08 Å². The van der Waals surface area contributed by atoms with Crippen molar-refractivity contribution in [3.8, 4) is 0 Å². The Morgan fingerprint density at radius 2 is 1.90 bits per heavy atom. The summed E-state index contributed by atoms with van der Waals surface area (Å²) >= 11 is 6.87. The van der Waals surface area contributed by atoms with Crippen molar-refractivity contribution in [2.24, 2.45) is 0 Å². The lowest BCUT2D eigenvalue weighted by Gasteiger charge is -2.10. The molecule has 0 aliphatic heterocycles. The highest BCUT2D eigenvalue weighted by Crippen LogP contribution is 2.35. The molecule has 162 valence electrons. The zero-order valence-electron chi connectivity index (χ0n) is 16.8. The Kier molecular flexibility index (Phi) is 7.18. The fourth-order valence-corrected chi connectivity index (χ4v) is 3.93. The average molecular weight is 465 g/mol. The van der Waals surface area contributed by atoms with Crippen LogP contribution in [0.2, 0.25) is 5.02 Å². The van der Waals surface area contributed by atoms with Crippen LogP contribution in [0.5, 0.6) is 0 Å². The van der Waals surface area contributed by atoms with Crippen molar-refractivity contribution in [1.82, 2.24) is 4.98 Å². The molecule has 1 aromatic heterocycles. The molecule has 31 heavy (non-hydrogen) atoms. The molecule has 1 heterocycles. The normalized spacial score (nSPS) is 12.0. The summed E-state index contributed by atoms with van der Waals surface area (Å²) in [6.45, 7) is 4.23. The van der Waals surface area contributed by atoms with Crippen LogP contribution in [-0.4, -0.2) is 10.9 Å². The van der Waals surface area contributed by atoms with Gasteiger partial charge in [0, 0.05) is 23.6 Å². The van der Waals surface area contributed by atoms with Crippen molar-refractivity contribution in [3.63, 3.8) is 0 Å². The molecule has 8 heteroatoms. The first-order valence-electron chi connectivity index (χ1n) is 9.51. The largest absolute Gasteiger partial charge is 0.417 e. The Labute approximate surface area is 187 Å². The third kappa shape index (κ3) is 6.42. The van der Waals surface area contributed by atoms with Crippen molar-refractivity contribution >= 4 is 40.1 Å². The molecule has 1 N–H and O–H groups in total. The summed E-state index contributed by atoms with van der Waals surface area (Å²) in [7, 11) is 0. The zero-order valence-corrected chi connectivity index (χ0v) is 18.4. The smallest absolute Gasteiger partial charge is 0.298 e. The molecule has 0 radical (unpaired) electrons. The third-order valence-electron chi connectivity index (χ3n) is 4.53. The molecule has 0 bridgehead atoms. The molecule has 0 atom stereocenters. The molecule has 0 aliphatic carbocycles. The van der Waals surface area contributed by atoms with E-state index in [0.29, 0.717) is 16.6 Å². The van der Waals surface area contributed by atoms with Crippen LogP contribution in [0.15, 0.2) is 54.7 Å². The Morgan fingerprint density at radius 1 is 1.19 bits per heavy atom. The number of anilines is 1. The Morgan fingerprint density at radius 3 is 2.55 bits per heavy atom. The molecule has 2 aromatic carbocycles. The number of benzene rings is 2. The number of carbonyl (C=O) groups excluding carboxylic acids is 1. The maximum Gasteiger partial charge on any atom is 0.417 e. The molecular weight excluding hydrogens is 445 g/mol. The molecule has 3 aromatic rings. The number of halogens is 4. The number of alkyl halides is 3. The standard InChI is InChI=1S/C23H20ClF3N2OS/c1-14(2)17-7-3-15(4-8-17)6-10-21(30)29-22-28-13-18(31-22)11-16-5-9-20(24)19(12-16)23(25,26)27/h3-10,12-14H,11H2,1-2H3,(H,28,29,30)/b10-6+. The fraction of sp³-hybridized carbons (Fsp3) is 0.217. The van der Waals surface area contributed by atoms with Gasteiger partial charge in [0.1, 0.15) is 0 Å². The number of rotatable bonds is 6. The van der Waals surface area contributed by atoms with Crippen molar-refractivity contribution in [3.05, 3.63) is 86.9 Å². The van der Waals surface area contributed by atoms with Crippen LogP contribution in [0.1, 0.15) is 46.9 Å². The second kappa shape index (κ2) is 9.66. The van der Waals surface area contributed by atoms with E-state index < -0.39 is 11.7 Å². The molecule has 3 rings (SSSR count). The molecular formula is C23H20ClF3N2OS. The molecule has 0 saturated heterocycles. The first-order valence-corrected chi connectivity index (χ1v) is 10.7. The van der Waals surface area contributed by atoms with Gasteiger partial charge in [-0.1, -0.05) is 55.8 Å². The summed E-state index contributed by atoms with van der Waals surface area (Å²) in [4.78, 5) is 17.0. The van der Waals surface area contributed by atoms with Gasteiger partial charge in [-0.25, -0.2) is 4.98 Å². The van der Waals surface area contributed by atoms with E-state index in [1.807, 2.05) is 24.3 Å². The van der Waals surface area contributed by atoms with Crippen molar-refractivity contribution in [2.45, 2.75) is 32.4 Å². The topological polar surface area (TPSA) is 42.0 Å². The van der Waals surface area contributed by atoms with Gasteiger partial charge in [0.25, 0.3) is 0 Å². The van der Waals surface area contributed by atoms with Gasteiger partial charge in [0.05, 0.1) is 10.6 Å². The predicted octanol–water partition coefficient (Wildman–Crippen LogP) is 7.18. The zero-order chi connectivity index (χ0) is 22.6.